The number of carbonyl (C=O) groups excluding carboxylic acids is 1. The molecule has 4 rings (SSSR count). The van der Waals surface area contributed by atoms with Crippen LogP contribution < -0.4 is 0 Å². The third-order valence-electron chi connectivity index (χ3n) is 4.88. The van der Waals surface area contributed by atoms with E-state index < -0.39 is 0 Å². The molecule has 0 aliphatic carbocycles. The maximum Gasteiger partial charge on any atom is 0.255 e. The maximum absolute atomic E-state index is 13.6. The molecule has 0 aliphatic rings. The molecule has 0 saturated carbocycles. The zero-order valence-electron chi connectivity index (χ0n) is 16.3. The van der Waals surface area contributed by atoms with E-state index in [1.165, 1.54) is 0 Å². The van der Waals surface area contributed by atoms with Gasteiger partial charge in [0, 0.05) is 43.9 Å². The molecule has 0 radical (unpaired) electrons. The lowest BCUT2D eigenvalue weighted by Gasteiger charge is -2.24. The van der Waals surface area contributed by atoms with E-state index in [9.17, 15) is 4.79 Å². The number of nitrogens with zero attached hydrogens (tertiary/aromatic N) is 4. The number of amides is 1. The number of hydrogen-bond donors (Lipinski definition) is 0. The summed E-state index contributed by atoms with van der Waals surface area (Å²) in [6, 6.07) is 21.6. The first-order valence-electron chi connectivity index (χ1n) is 9.51. The van der Waals surface area contributed by atoms with E-state index in [1.807, 2.05) is 89.4 Å². The van der Waals surface area contributed by atoms with Gasteiger partial charge in [-0.25, -0.2) is 4.98 Å². The lowest BCUT2D eigenvalue weighted by molar-refractivity contribution is 0.0725. The number of aromatic nitrogens is 3. The van der Waals surface area contributed by atoms with Crippen LogP contribution in [0.15, 0.2) is 91.5 Å². The summed E-state index contributed by atoms with van der Waals surface area (Å²) in [6.07, 6.45) is 7.17. The lowest BCUT2D eigenvalue weighted by Crippen LogP contribution is -2.31. The second-order valence-electron chi connectivity index (χ2n) is 6.89. The van der Waals surface area contributed by atoms with Crippen molar-refractivity contribution in [2.45, 2.75) is 13.1 Å². The predicted molar refractivity (Wildman–Crippen MR) is 113 cm³/mol. The Hall–Kier alpha value is -3.73. The maximum atomic E-state index is 13.6. The minimum atomic E-state index is -0.0312. The highest BCUT2D eigenvalue weighted by molar-refractivity contribution is 6.00. The van der Waals surface area contributed by atoms with Crippen molar-refractivity contribution < 1.29 is 4.79 Å². The molecule has 0 atom stereocenters. The molecule has 0 spiro atoms. The van der Waals surface area contributed by atoms with E-state index in [0.717, 1.165) is 22.5 Å². The Morgan fingerprint density at radius 3 is 2.45 bits per heavy atom. The Labute approximate surface area is 170 Å². The van der Waals surface area contributed by atoms with E-state index in [1.54, 1.807) is 18.6 Å². The Morgan fingerprint density at radius 2 is 1.72 bits per heavy atom. The van der Waals surface area contributed by atoms with Gasteiger partial charge in [0.25, 0.3) is 5.91 Å². The number of imidazole rings is 1. The Bertz CT molecular complexity index is 1090. The highest BCUT2D eigenvalue weighted by atomic mass is 16.2. The van der Waals surface area contributed by atoms with Crippen molar-refractivity contribution in [2.24, 2.45) is 7.05 Å². The lowest BCUT2D eigenvalue weighted by atomic mass is 9.98. The van der Waals surface area contributed by atoms with Crippen molar-refractivity contribution in [2.75, 3.05) is 0 Å². The van der Waals surface area contributed by atoms with Crippen LogP contribution in [-0.4, -0.2) is 25.3 Å². The molecule has 4 aromatic rings. The fourth-order valence-corrected chi connectivity index (χ4v) is 3.34. The summed E-state index contributed by atoms with van der Waals surface area (Å²) in [5.74, 6) is 0.802. The van der Waals surface area contributed by atoms with E-state index in [-0.39, 0.29) is 5.91 Å². The molecule has 5 heteroatoms. The molecule has 144 valence electrons. The predicted octanol–water partition coefficient (Wildman–Crippen LogP) is 4.32. The minimum Gasteiger partial charge on any atom is -0.337 e. The average Bonchev–Trinajstić information content (AvgIpc) is 3.18. The molecule has 2 heterocycles. The quantitative estimate of drug-likeness (QED) is 0.499. The summed E-state index contributed by atoms with van der Waals surface area (Å²) in [5, 5.41) is 0. The van der Waals surface area contributed by atoms with Crippen molar-refractivity contribution in [3.8, 4) is 11.1 Å². The Balaban J connectivity index is 1.71. The molecule has 29 heavy (non-hydrogen) atoms. The van der Waals surface area contributed by atoms with E-state index in [0.29, 0.717) is 18.7 Å². The highest BCUT2D eigenvalue weighted by Crippen LogP contribution is 2.25. The van der Waals surface area contributed by atoms with Gasteiger partial charge in [-0.15, -0.1) is 0 Å². The van der Waals surface area contributed by atoms with Gasteiger partial charge >= 0.3 is 0 Å². The van der Waals surface area contributed by atoms with Crippen molar-refractivity contribution in [3.63, 3.8) is 0 Å². The summed E-state index contributed by atoms with van der Waals surface area (Å²) >= 11 is 0. The molecule has 0 fully saturated rings. The molecule has 2 aromatic heterocycles. The number of rotatable bonds is 6. The topological polar surface area (TPSA) is 51.0 Å². The molecule has 1 amide bonds. The van der Waals surface area contributed by atoms with E-state index >= 15 is 0 Å². The van der Waals surface area contributed by atoms with Crippen LogP contribution in [0.5, 0.6) is 0 Å². The van der Waals surface area contributed by atoms with Gasteiger partial charge in [-0.2, -0.15) is 0 Å². The number of pyridine rings is 1. The van der Waals surface area contributed by atoms with Crippen LogP contribution in [0.3, 0.4) is 0 Å². The van der Waals surface area contributed by atoms with Gasteiger partial charge in [0.2, 0.25) is 0 Å². The zero-order chi connectivity index (χ0) is 20.1. The van der Waals surface area contributed by atoms with Crippen molar-refractivity contribution in [3.05, 3.63) is 108 Å². The van der Waals surface area contributed by atoms with Gasteiger partial charge < -0.3 is 9.47 Å². The van der Waals surface area contributed by atoms with Crippen molar-refractivity contribution >= 4 is 5.91 Å². The standard InChI is InChI=1S/C24H22N4O/c1-27-15-14-26-23(27)18-28(17-19-8-7-13-25-16-19)24(29)22-12-6-5-11-21(22)20-9-3-2-4-10-20/h2-16H,17-18H2,1H3. The van der Waals surface area contributed by atoms with Crippen LogP contribution >= 0.6 is 0 Å². The average molecular weight is 382 g/mol. The highest BCUT2D eigenvalue weighted by Gasteiger charge is 2.21. The monoisotopic (exact) mass is 382 g/mol. The largest absolute Gasteiger partial charge is 0.337 e. The SMILES string of the molecule is Cn1ccnc1CN(Cc1cccnc1)C(=O)c1ccccc1-c1ccccc1. The normalized spacial score (nSPS) is 10.7. The Morgan fingerprint density at radius 1 is 0.931 bits per heavy atom. The molecule has 0 bridgehead atoms. The molecular weight excluding hydrogens is 360 g/mol. The van der Waals surface area contributed by atoms with Gasteiger partial charge in [-0.05, 0) is 28.8 Å². The minimum absolute atomic E-state index is 0.0312. The first-order chi connectivity index (χ1) is 14.2. The van der Waals surface area contributed by atoms with Gasteiger partial charge in [0.05, 0.1) is 6.54 Å². The molecule has 5 nitrogen and oxygen atoms in total. The second-order valence-corrected chi connectivity index (χ2v) is 6.89. The number of hydrogen-bond acceptors (Lipinski definition) is 3. The summed E-state index contributed by atoms with van der Waals surface area (Å²) in [5.41, 5.74) is 3.60. The van der Waals surface area contributed by atoms with Gasteiger partial charge in [0.1, 0.15) is 5.82 Å². The number of carbonyl (C=O) groups is 1. The molecule has 0 aliphatic heterocycles. The van der Waals surface area contributed by atoms with E-state index in [2.05, 4.69) is 9.97 Å². The van der Waals surface area contributed by atoms with Gasteiger partial charge in [-0.1, -0.05) is 54.6 Å². The van der Waals surface area contributed by atoms with Gasteiger partial charge in [-0.3, -0.25) is 9.78 Å². The third-order valence-corrected chi connectivity index (χ3v) is 4.88. The van der Waals surface area contributed by atoms with Crippen LogP contribution in [0.1, 0.15) is 21.7 Å². The fraction of sp³-hybridized carbons (Fsp3) is 0.125. The van der Waals surface area contributed by atoms with Crippen LogP contribution in [0.2, 0.25) is 0 Å². The van der Waals surface area contributed by atoms with E-state index in [4.69, 9.17) is 0 Å². The van der Waals surface area contributed by atoms with Crippen molar-refractivity contribution in [1.29, 1.82) is 0 Å². The zero-order valence-corrected chi connectivity index (χ0v) is 16.3. The van der Waals surface area contributed by atoms with Crippen LogP contribution in [-0.2, 0) is 20.1 Å². The Kier molecular flexibility index (Phi) is 5.47. The molecular formula is C24H22N4O. The van der Waals surface area contributed by atoms with Crippen LogP contribution in [0.25, 0.3) is 11.1 Å². The third kappa shape index (κ3) is 4.24. The molecule has 0 saturated heterocycles. The number of aryl methyl sites for hydroxylation is 1. The number of benzene rings is 2. The first-order valence-corrected chi connectivity index (χ1v) is 9.51. The summed E-state index contributed by atoms with van der Waals surface area (Å²) < 4.78 is 1.94. The van der Waals surface area contributed by atoms with Crippen LogP contribution in [0.4, 0.5) is 0 Å². The summed E-state index contributed by atoms with van der Waals surface area (Å²) in [6.45, 7) is 0.878. The van der Waals surface area contributed by atoms with Crippen LogP contribution in [0, 0.1) is 0 Å². The molecule has 2 aromatic carbocycles. The smallest absolute Gasteiger partial charge is 0.255 e. The second kappa shape index (κ2) is 8.52. The fourth-order valence-electron chi connectivity index (χ4n) is 3.34. The molecule has 0 N–H and O–H groups in total. The first kappa shape index (κ1) is 18.6. The van der Waals surface area contributed by atoms with Crippen molar-refractivity contribution in [1.82, 2.24) is 19.4 Å². The summed E-state index contributed by atoms with van der Waals surface area (Å²) in [7, 11) is 1.94. The summed E-state index contributed by atoms with van der Waals surface area (Å²) in [4.78, 5) is 24.1. The van der Waals surface area contributed by atoms with Gasteiger partial charge in [0.15, 0.2) is 0 Å². The molecule has 0 unspecified atom stereocenters.